The minimum atomic E-state index is -0.909. The van der Waals surface area contributed by atoms with Crippen molar-refractivity contribution in [1.82, 2.24) is 9.78 Å². The highest BCUT2D eigenvalue weighted by Gasteiger charge is 2.26. The molecule has 0 fully saturated rings. The summed E-state index contributed by atoms with van der Waals surface area (Å²) in [4.78, 5) is 21.4. The number of carboxylic acid groups (broad SMARTS) is 1. The van der Waals surface area contributed by atoms with E-state index in [4.69, 9.17) is 5.11 Å². The van der Waals surface area contributed by atoms with Gasteiger partial charge in [-0.15, -0.1) is 0 Å². The summed E-state index contributed by atoms with van der Waals surface area (Å²) in [5, 5.41) is 24.5. The fourth-order valence-corrected chi connectivity index (χ4v) is 2.73. The normalized spacial score (nSPS) is 12.4. The van der Waals surface area contributed by atoms with Crippen LogP contribution in [0.15, 0.2) is 5.03 Å². The maximum absolute atomic E-state index is 11.1. The van der Waals surface area contributed by atoms with Crippen molar-refractivity contribution in [2.45, 2.75) is 38.8 Å². The highest BCUT2D eigenvalue weighted by molar-refractivity contribution is 7.99. The second-order valence-electron chi connectivity index (χ2n) is 4.27. The van der Waals surface area contributed by atoms with Crippen LogP contribution in [0, 0.1) is 23.0 Å². The number of rotatable bonds is 7. The van der Waals surface area contributed by atoms with Crippen molar-refractivity contribution >= 4 is 23.4 Å². The van der Waals surface area contributed by atoms with Gasteiger partial charge in [-0.05, 0) is 13.3 Å². The molecular weight excluding hydrogens is 270 g/mol. The predicted molar refractivity (Wildman–Crippen MR) is 71.4 cm³/mol. The monoisotopic (exact) mass is 287 g/mol. The molecular formula is C11H17N3O4S. The first-order valence-corrected chi connectivity index (χ1v) is 6.94. The Balaban J connectivity index is 3.01. The average molecular weight is 287 g/mol. The Morgan fingerprint density at radius 2 is 2.26 bits per heavy atom. The second kappa shape index (κ2) is 6.55. The quantitative estimate of drug-likeness (QED) is 0.469. The maximum atomic E-state index is 11.1. The average Bonchev–Trinajstić information content (AvgIpc) is 2.62. The van der Waals surface area contributed by atoms with E-state index in [-0.39, 0.29) is 11.4 Å². The molecule has 1 aromatic heterocycles. The number of carboxylic acids is 1. The van der Waals surface area contributed by atoms with Crippen LogP contribution in [0.25, 0.3) is 0 Å². The zero-order valence-corrected chi connectivity index (χ0v) is 11.9. The number of thioether (sulfide) groups is 1. The topological polar surface area (TPSA) is 98.3 Å². The summed E-state index contributed by atoms with van der Waals surface area (Å²) < 4.78 is 1.59. The molecule has 0 aliphatic heterocycles. The van der Waals surface area contributed by atoms with E-state index in [0.717, 1.165) is 6.42 Å². The molecule has 1 rings (SSSR count). The van der Waals surface area contributed by atoms with Gasteiger partial charge in [0.05, 0.1) is 10.8 Å². The summed E-state index contributed by atoms with van der Waals surface area (Å²) in [5.41, 5.74) is 0.347. The first-order valence-electron chi connectivity index (χ1n) is 5.95. The molecule has 0 aliphatic carbocycles. The molecule has 0 aliphatic rings. The maximum Gasteiger partial charge on any atom is 0.323 e. The Bertz CT molecular complexity index is 487. The summed E-state index contributed by atoms with van der Waals surface area (Å²) in [6, 6.07) is 0. The van der Waals surface area contributed by atoms with Gasteiger partial charge in [-0.25, -0.2) is 0 Å². The van der Waals surface area contributed by atoms with Crippen LogP contribution in [0.5, 0.6) is 0 Å². The van der Waals surface area contributed by atoms with Gasteiger partial charge in [0, 0.05) is 12.3 Å². The summed E-state index contributed by atoms with van der Waals surface area (Å²) in [6.45, 7) is 5.71. The van der Waals surface area contributed by atoms with Gasteiger partial charge in [-0.3, -0.25) is 19.6 Å². The highest BCUT2D eigenvalue weighted by Crippen LogP contribution is 2.33. The molecule has 1 N–H and O–H groups in total. The lowest BCUT2D eigenvalue weighted by Gasteiger charge is -2.07. The molecule has 0 radical (unpaired) electrons. The fourth-order valence-electron chi connectivity index (χ4n) is 1.54. The Hall–Kier alpha value is -1.57. The van der Waals surface area contributed by atoms with Gasteiger partial charge in [0.1, 0.15) is 5.69 Å². The summed E-state index contributed by atoms with van der Waals surface area (Å²) >= 11 is 1.18. The highest BCUT2D eigenvalue weighted by atomic mass is 32.2. The minimum absolute atomic E-state index is 0.0176. The van der Waals surface area contributed by atoms with Crippen LogP contribution in [-0.4, -0.2) is 31.5 Å². The fraction of sp³-hybridized carbons (Fsp3) is 0.636. The van der Waals surface area contributed by atoms with Crippen LogP contribution < -0.4 is 0 Å². The van der Waals surface area contributed by atoms with Gasteiger partial charge < -0.3 is 5.11 Å². The molecule has 106 valence electrons. The van der Waals surface area contributed by atoms with Crippen molar-refractivity contribution in [1.29, 1.82) is 0 Å². The van der Waals surface area contributed by atoms with Crippen molar-refractivity contribution in [2.24, 2.45) is 5.92 Å². The first-order chi connectivity index (χ1) is 8.88. The van der Waals surface area contributed by atoms with Crippen molar-refractivity contribution in [3.05, 3.63) is 15.8 Å². The molecule has 0 saturated carbocycles. The van der Waals surface area contributed by atoms with Gasteiger partial charge in [0.25, 0.3) is 0 Å². The van der Waals surface area contributed by atoms with Crippen molar-refractivity contribution < 1.29 is 14.8 Å². The molecule has 0 bridgehead atoms. The molecule has 0 saturated heterocycles. The van der Waals surface area contributed by atoms with Crippen LogP contribution in [0.1, 0.15) is 26.0 Å². The molecule has 19 heavy (non-hydrogen) atoms. The lowest BCUT2D eigenvalue weighted by atomic mass is 10.2. The lowest BCUT2D eigenvalue weighted by molar-refractivity contribution is -0.388. The van der Waals surface area contributed by atoms with Gasteiger partial charge in [0.2, 0.25) is 0 Å². The molecule has 1 atom stereocenters. The SMILES string of the molecule is CCCn1nc(C)c([N+](=O)[O-])c1SCC(C)C(=O)O. The number of aliphatic carboxylic acids is 1. The van der Waals surface area contributed by atoms with Crippen molar-refractivity contribution in [3.63, 3.8) is 0 Å². The first kappa shape index (κ1) is 15.5. The predicted octanol–water partition coefficient (Wildman–Crippen LogP) is 2.32. The Labute approximate surface area is 115 Å². The number of aromatic nitrogens is 2. The Morgan fingerprint density at radius 3 is 2.74 bits per heavy atom. The van der Waals surface area contributed by atoms with Crippen molar-refractivity contribution in [3.8, 4) is 0 Å². The van der Waals surface area contributed by atoms with Crippen molar-refractivity contribution in [2.75, 3.05) is 5.75 Å². The van der Waals surface area contributed by atoms with E-state index in [0.29, 0.717) is 17.3 Å². The third-order valence-electron chi connectivity index (χ3n) is 2.56. The number of hydrogen-bond acceptors (Lipinski definition) is 5. The minimum Gasteiger partial charge on any atom is -0.481 e. The molecule has 1 aromatic rings. The summed E-state index contributed by atoms with van der Waals surface area (Å²) in [7, 11) is 0. The Kier molecular flexibility index (Phi) is 5.34. The smallest absolute Gasteiger partial charge is 0.323 e. The third-order valence-corrected chi connectivity index (χ3v) is 3.90. The Morgan fingerprint density at radius 1 is 1.63 bits per heavy atom. The molecule has 0 amide bonds. The van der Waals surface area contributed by atoms with Gasteiger partial charge in [-0.1, -0.05) is 25.6 Å². The van der Waals surface area contributed by atoms with Crippen LogP contribution in [0.3, 0.4) is 0 Å². The van der Waals surface area contributed by atoms with E-state index in [1.54, 1.807) is 18.5 Å². The van der Waals surface area contributed by atoms with E-state index < -0.39 is 16.8 Å². The van der Waals surface area contributed by atoms with Crippen LogP contribution in [0.4, 0.5) is 5.69 Å². The van der Waals surface area contributed by atoms with E-state index in [9.17, 15) is 14.9 Å². The second-order valence-corrected chi connectivity index (χ2v) is 5.28. The lowest BCUT2D eigenvalue weighted by Crippen LogP contribution is -2.12. The van der Waals surface area contributed by atoms with Crippen LogP contribution in [-0.2, 0) is 11.3 Å². The van der Waals surface area contributed by atoms with E-state index in [1.165, 1.54) is 11.8 Å². The number of nitro groups is 1. The summed E-state index contributed by atoms with van der Waals surface area (Å²) in [5.74, 6) is -1.19. The molecule has 0 aromatic carbocycles. The van der Waals surface area contributed by atoms with E-state index >= 15 is 0 Å². The zero-order valence-electron chi connectivity index (χ0n) is 11.1. The summed E-state index contributed by atoms with van der Waals surface area (Å²) in [6.07, 6.45) is 0.806. The molecule has 1 unspecified atom stereocenters. The number of nitrogens with zero attached hydrogens (tertiary/aromatic N) is 3. The van der Waals surface area contributed by atoms with Crippen LogP contribution in [0.2, 0.25) is 0 Å². The van der Waals surface area contributed by atoms with Gasteiger partial charge in [-0.2, -0.15) is 5.10 Å². The molecule has 0 spiro atoms. The number of hydrogen-bond donors (Lipinski definition) is 1. The van der Waals surface area contributed by atoms with Crippen LogP contribution >= 0.6 is 11.8 Å². The zero-order chi connectivity index (χ0) is 14.6. The van der Waals surface area contributed by atoms with E-state index in [1.807, 2.05) is 6.92 Å². The molecule has 1 heterocycles. The largest absolute Gasteiger partial charge is 0.481 e. The number of aryl methyl sites for hydroxylation is 2. The van der Waals surface area contributed by atoms with E-state index in [2.05, 4.69) is 5.10 Å². The molecule has 7 nitrogen and oxygen atoms in total. The van der Waals surface area contributed by atoms with Gasteiger partial charge in [0.15, 0.2) is 5.03 Å². The number of carbonyl (C=O) groups is 1. The standard InChI is InChI=1S/C11H17N3O4S/c1-4-5-13-10(19-6-7(2)11(15)16)9(14(17)18)8(3)12-13/h7H,4-6H2,1-3H3,(H,15,16). The molecule has 8 heteroatoms. The van der Waals surface area contributed by atoms with Gasteiger partial charge >= 0.3 is 11.7 Å². The third kappa shape index (κ3) is 3.69.